The van der Waals surface area contributed by atoms with Gasteiger partial charge in [0, 0.05) is 27.3 Å². The van der Waals surface area contributed by atoms with Crippen LogP contribution in [0.5, 0.6) is 0 Å². The molecule has 1 atom stereocenters. The normalized spacial score (nSPS) is 14.8. The molecule has 0 saturated heterocycles. The summed E-state index contributed by atoms with van der Waals surface area (Å²) in [6.07, 6.45) is -0.549. The van der Waals surface area contributed by atoms with E-state index >= 15 is 0 Å². The zero-order valence-corrected chi connectivity index (χ0v) is 18.2. The van der Waals surface area contributed by atoms with Crippen LogP contribution in [-0.4, -0.2) is 16.6 Å². The number of hydrogen-bond acceptors (Lipinski definition) is 4. The van der Waals surface area contributed by atoms with Gasteiger partial charge in [0.1, 0.15) is 0 Å². The third-order valence-corrected chi connectivity index (χ3v) is 6.40. The van der Waals surface area contributed by atoms with Gasteiger partial charge in [-0.15, -0.1) is 11.3 Å². The van der Waals surface area contributed by atoms with E-state index in [1.165, 1.54) is 0 Å². The maximum Gasteiger partial charge on any atom is 0.253 e. The first kappa shape index (κ1) is 19.7. The molecular weight excluding hydrogens is 426 g/mol. The van der Waals surface area contributed by atoms with Gasteiger partial charge in [-0.3, -0.25) is 9.79 Å². The van der Waals surface area contributed by atoms with Crippen molar-refractivity contribution < 1.29 is 4.79 Å². The number of nitrogens with one attached hydrogen (secondary N) is 1. The smallest absolute Gasteiger partial charge is 0.253 e. The summed E-state index contributed by atoms with van der Waals surface area (Å²) < 4.78 is 0. The molecule has 0 fully saturated rings. The van der Waals surface area contributed by atoms with Gasteiger partial charge >= 0.3 is 0 Å². The third-order valence-electron chi connectivity index (χ3n) is 5.13. The van der Waals surface area contributed by atoms with E-state index in [1.54, 1.807) is 35.6 Å². The number of thiazole rings is 1. The van der Waals surface area contributed by atoms with Gasteiger partial charge < -0.3 is 5.32 Å². The summed E-state index contributed by atoms with van der Waals surface area (Å²) in [5, 5.41) is 4.62. The lowest BCUT2D eigenvalue weighted by atomic mass is 9.96. The molecule has 4 nitrogen and oxygen atoms in total. The monoisotopic (exact) mass is 443 g/mol. The van der Waals surface area contributed by atoms with Crippen molar-refractivity contribution in [3.63, 3.8) is 0 Å². The second kappa shape index (κ2) is 8.10. The standard InChI is InChI=1S/C25H18ClN3OS/c1-15-27-22-20-10-6-5-9-19(20)21(16-7-3-2-4-8-16)28-24(23(22)31-15)29-25(30)17-11-13-18(26)14-12-17/h2-14,24H,1H3,(H,29,30). The summed E-state index contributed by atoms with van der Waals surface area (Å²) in [6.45, 7) is 1.97. The Balaban J connectivity index is 1.65. The first-order valence-electron chi connectivity index (χ1n) is 9.87. The summed E-state index contributed by atoms with van der Waals surface area (Å²) in [5.41, 5.74) is 5.25. The fraction of sp³-hybridized carbons (Fsp3) is 0.0800. The van der Waals surface area contributed by atoms with Crippen LogP contribution in [0.15, 0.2) is 83.9 Å². The van der Waals surface area contributed by atoms with Gasteiger partial charge in [-0.05, 0) is 31.2 Å². The molecule has 0 aliphatic carbocycles. The molecule has 0 spiro atoms. The number of carbonyl (C=O) groups excluding carboxylic acids is 1. The molecule has 1 aliphatic rings. The van der Waals surface area contributed by atoms with Gasteiger partial charge in [-0.25, -0.2) is 4.98 Å². The number of carbonyl (C=O) groups is 1. The van der Waals surface area contributed by atoms with Crippen LogP contribution < -0.4 is 5.32 Å². The maximum atomic E-state index is 13.0. The van der Waals surface area contributed by atoms with Gasteiger partial charge in [0.25, 0.3) is 5.91 Å². The molecule has 1 amide bonds. The Morgan fingerprint density at radius 2 is 1.61 bits per heavy atom. The Morgan fingerprint density at radius 1 is 0.935 bits per heavy atom. The fourth-order valence-electron chi connectivity index (χ4n) is 3.71. The fourth-order valence-corrected chi connectivity index (χ4v) is 4.76. The van der Waals surface area contributed by atoms with Crippen LogP contribution in [0.4, 0.5) is 0 Å². The van der Waals surface area contributed by atoms with E-state index < -0.39 is 6.17 Å². The van der Waals surface area contributed by atoms with Crippen LogP contribution in [0.2, 0.25) is 5.02 Å². The molecule has 31 heavy (non-hydrogen) atoms. The largest absolute Gasteiger partial charge is 0.326 e. The zero-order valence-electron chi connectivity index (χ0n) is 16.7. The Labute approximate surface area is 189 Å². The Hall–Kier alpha value is -3.28. The van der Waals surface area contributed by atoms with Crippen molar-refractivity contribution in [1.82, 2.24) is 10.3 Å². The van der Waals surface area contributed by atoms with E-state index in [4.69, 9.17) is 21.6 Å². The van der Waals surface area contributed by atoms with E-state index in [1.807, 2.05) is 49.4 Å². The number of benzene rings is 3. The molecular formula is C25H18ClN3OS. The summed E-state index contributed by atoms with van der Waals surface area (Å²) in [7, 11) is 0. The number of nitrogens with zero attached hydrogens (tertiary/aromatic N) is 2. The van der Waals surface area contributed by atoms with Crippen molar-refractivity contribution in [2.75, 3.05) is 0 Å². The Kier molecular flexibility index (Phi) is 5.14. The summed E-state index contributed by atoms with van der Waals surface area (Å²) >= 11 is 7.54. The SMILES string of the molecule is Cc1nc2c(s1)C(NC(=O)c1ccc(Cl)cc1)N=C(c1ccccc1)c1ccccc1-2. The number of rotatable bonds is 3. The molecule has 5 rings (SSSR count). The van der Waals surface area contributed by atoms with Gasteiger partial charge in [-0.1, -0.05) is 66.2 Å². The number of aryl methyl sites for hydroxylation is 1. The molecule has 152 valence electrons. The zero-order chi connectivity index (χ0) is 21.4. The molecule has 3 aromatic carbocycles. The molecule has 6 heteroatoms. The van der Waals surface area contributed by atoms with Gasteiger partial charge in [0.05, 0.1) is 21.3 Å². The molecule has 0 saturated carbocycles. The molecule has 0 bridgehead atoms. The molecule has 4 aromatic rings. The predicted molar refractivity (Wildman–Crippen MR) is 126 cm³/mol. The highest BCUT2D eigenvalue weighted by Crippen LogP contribution is 2.39. The number of fused-ring (bicyclic) bond motifs is 3. The number of halogens is 1. The minimum atomic E-state index is -0.549. The van der Waals surface area contributed by atoms with E-state index in [-0.39, 0.29) is 5.91 Å². The van der Waals surface area contributed by atoms with Crippen LogP contribution in [0.1, 0.15) is 37.5 Å². The van der Waals surface area contributed by atoms with Crippen LogP contribution >= 0.6 is 22.9 Å². The number of amides is 1. The first-order valence-corrected chi connectivity index (χ1v) is 11.1. The second-order valence-corrected chi connectivity index (χ2v) is 8.89. The lowest BCUT2D eigenvalue weighted by Gasteiger charge is -2.15. The molecule has 0 radical (unpaired) electrons. The van der Waals surface area contributed by atoms with Crippen LogP contribution in [0, 0.1) is 6.92 Å². The molecule has 1 N–H and O–H groups in total. The van der Waals surface area contributed by atoms with Crippen molar-refractivity contribution in [2.45, 2.75) is 13.1 Å². The number of hydrogen-bond donors (Lipinski definition) is 1. The van der Waals surface area contributed by atoms with E-state index in [2.05, 4.69) is 17.4 Å². The van der Waals surface area contributed by atoms with Crippen molar-refractivity contribution in [3.05, 3.63) is 110 Å². The second-order valence-electron chi connectivity index (χ2n) is 7.22. The van der Waals surface area contributed by atoms with Gasteiger partial charge in [0.15, 0.2) is 6.17 Å². The molecule has 1 unspecified atom stereocenters. The Bertz CT molecular complexity index is 1300. The molecule has 2 heterocycles. The van der Waals surface area contributed by atoms with Crippen LogP contribution in [0.25, 0.3) is 11.3 Å². The molecule has 1 aromatic heterocycles. The highest BCUT2D eigenvalue weighted by atomic mass is 35.5. The lowest BCUT2D eigenvalue weighted by molar-refractivity contribution is 0.0939. The number of aromatic nitrogens is 1. The van der Waals surface area contributed by atoms with E-state index in [0.717, 1.165) is 38.0 Å². The summed E-state index contributed by atoms with van der Waals surface area (Å²) in [4.78, 5) is 23.8. The van der Waals surface area contributed by atoms with Crippen molar-refractivity contribution in [2.24, 2.45) is 4.99 Å². The average molecular weight is 444 g/mol. The van der Waals surface area contributed by atoms with E-state index in [9.17, 15) is 4.79 Å². The van der Waals surface area contributed by atoms with E-state index in [0.29, 0.717) is 10.6 Å². The minimum absolute atomic E-state index is 0.208. The lowest BCUT2D eigenvalue weighted by Crippen LogP contribution is -2.27. The van der Waals surface area contributed by atoms with Crippen molar-refractivity contribution >= 4 is 34.6 Å². The van der Waals surface area contributed by atoms with Gasteiger partial charge in [-0.2, -0.15) is 0 Å². The van der Waals surface area contributed by atoms with Crippen molar-refractivity contribution in [3.8, 4) is 11.3 Å². The average Bonchev–Trinajstić information content (AvgIpc) is 3.14. The van der Waals surface area contributed by atoms with Crippen LogP contribution in [0.3, 0.4) is 0 Å². The highest BCUT2D eigenvalue weighted by Gasteiger charge is 2.29. The highest BCUT2D eigenvalue weighted by molar-refractivity contribution is 7.12. The van der Waals surface area contributed by atoms with Gasteiger partial charge in [0.2, 0.25) is 0 Å². The van der Waals surface area contributed by atoms with Crippen molar-refractivity contribution in [1.29, 1.82) is 0 Å². The van der Waals surface area contributed by atoms with Crippen LogP contribution in [-0.2, 0) is 0 Å². The topological polar surface area (TPSA) is 54.4 Å². The first-order chi connectivity index (χ1) is 15.1. The third kappa shape index (κ3) is 3.78. The minimum Gasteiger partial charge on any atom is -0.326 e. The number of aliphatic imine (C=N–C) groups is 1. The Morgan fingerprint density at radius 3 is 2.35 bits per heavy atom. The quantitative estimate of drug-likeness (QED) is 0.419. The predicted octanol–water partition coefficient (Wildman–Crippen LogP) is 6.05. The molecule has 1 aliphatic heterocycles. The maximum absolute atomic E-state index is 13.0. The summed E-state index contributed by atoms with van der Waals surface area (Å²) in [6, 6.07) is 25.0. The summed E-state index contributed by atoms with van der Waals surface area (Å²) in [5.74, 6) is -0.208.